The van der Waals surface area contributed by atoms with Gasteiger partial charge in [0.05, 0.1) is 2.88 Å². The van der Waals surface area contributed by atoms with Crippen LogP contribution in [0.1, 0.15) is 0 Å². The molecule has 0 aliphatic carbocycles. The molecule has 0 N–H and O–H groups in total. The van der Waals surface area contributed by atoms with Gasteiger partial charge >= 0.3 is 0 Å². The molecule has 0 aromatic carbocycles. The van der Waals surface area contributed by atoms with Crippen LogP contribution in [0, 0.1) is 2.88 Å². The number of aromatic nitrogens is 1. The molecule has 2 aromatic heterocycles. The van der Waals surface area contributed by atoms with Gasteiger partial charge in [-0.15, -0.1) is 11.3 Å². The van der Waals surface area contributed by atoms with Gasteiger partial charge in [0, 0.05) is 17.8 Å². The minimum Gasteiger partial charge on any atom is -0.264 e. The summed E-state index contributed by atoms with van der Waals surface area (Å²) in [5, 5.41) is 4.72. The fourth-order valence-electron chi connectivity index (χ4n) is 0.851. The summed E-state index contributed by atoms with van der Waals surface area (Å²) in [5.41, 5.74) is 0. The highest BCUT2D eigenvalue weighted by atomic mass is 127. The second-order valence-electron chi connectivity index (χ2n) is 1.97. The standard InChI is InChI=1S/C7H4INS/c8-7-6-3-9-2-1-5(6)4-10-7/h1-4H. The molecule has 1 nitrogen and oxygen atoms in total. The van der Waals surface area contributed by atoms with E-state index in [0.29, 0.717) is 0 Å². The Morgan fingerprint density at radius 3 is 3.20 bits per heavy atom. The molecular weight excluding hydrogens is 257 g/mol. The van der Waals surface area contributed by atoms with Crippen molar-refractivity contribution in [2.75, 3.05) is 0 Å². The minimum absolute atomic E-state index is 1.27. The Hall–Kier alpha value is -0.160. The molecule has 0 bridgehead atoms. The quantitative estimate of drug-likeness (QED) is 0.664. The lowest BCUT2D eigenvalue weighted by molar-refractivity contribution is 1.37. The number of hydrogen-bond donors (Lipinski definition) is 0. The van der Waals surface area contributed by atoms with Gasteiger partial charge in [0.2, 0.25) is 0 Å². The zero-order valence-electron chi connectivity index (χ0n) is 5.04. The van der Waals surface area contributed by atoms with Crippen molar-refractivity contribution in [3.8, 4) is 0 Å². The third-order valence-electron chi connectivity index (χ3n) is 1.36. The van der Waals surface area contributed by atoms with E-state index in [1.165, 1.54) is 13.7 Å². The summed E-state index contributed by atoms with van der Waals surface area (Å²) in [4.78, 5) is 4.05. The molecule has 2 rings (SSSR count). The van der Waals surface area contributed by atoms with Crippen molar-refractivity contribution in [2.24, 2.45) is 0 Å². The van der Waals surface area contributed by atoms with E-state index in [-0.39, 0.29) is 0 Å². The third-order valence-corrected chi connectivity index (χ3v) is 3.50. The number of halogens is 1. The van der Waals surface area contributed by atoms with Crippen molar-refractivity contribution < 1.29 is 0 Å². The molecule has 2 aromatic rings. The summed E-state index contributed by atoms with van der Waals surface area (Å²) in [6.45, 7) is 0. The molecular formula is C7H4INS. The average molecular weight is 261 g/mol. The third kappa shape index (κ3) is 0.932. The lowest BCUT2D eigenvalue weighted by Crippen LogP contribution is -1.68. The molecule has 10 heavy (non-hydrogen) atoms. The zero-order valence-corrected chi connectivity index (χ0v) is 8.02. The number of thiophene rings is 1. The zero-order chi connectivity index (χ0) is 6.97. The van der Waals surface area contributed by atoms with Crippen molar-refractivity contribution in [2.45, 2.75) is 0 Å². The van der Waals surface area contributed by atoms with Crippen LogP contribution in [-0.2, 0) is 0 Å². The second kappa shape index (κ2) is 2.47. The Bertz CT molecular complexity index is 355. The molecule has 0 fully saturated rings. The molecule has 0 spiro atoms. The van der Waals surface area contributed by atoms with E-state index in [9.17, 15) is 0 Å². The highest BCUT2D eigenvalue weighted by Gasteiger charge is 1.97. The van der Waals surface area contributed by atoms with Crippen LogP contribution in [0.15, 0.2) is 23.8 Å². The molecule has 2 heterocycles. The van der Waals surface area contributed by atoms with Crippen LogP contribution < -0.4 is 0 Å². The number of rotatable bonds is 0. The van der Waals surface area contributed by atoms with E-state index >= 15 is 0 Å². The molecule has 0 saturated carbocycles. The summed E-state index contributed by atoms with van der Waals surface area (Å²) >= 11 is 4.10. The van der Waals surface area contributed by atoms with E-state index < -0.39 is 0 Å². The molecule has 0 aliphatic rings. The van der Waals surface area contributed by atoms with Gasteiger partial charge in [-0.05, 0) is 39.4 Å². The van der Waals surface area contributed by atoms with Gasteiger partial charge in [-0.2, -0.15) is 0 Å². The largest absolute Gasteiger partial charge is 0.264 e. The molecule has 0 atom stereocenters. The average Bonchev–Trinajstić information content (AvgIpc) is 2.34. The normalized spacial score (nSPS) is 10.5. The minimum atomic E-state index is 1.27. The summed E-state index contributed by atoms with van der Waals surface area (Å²) in [7, 11) is 0. The monoisotopic (exact) mass is 261 g/mol. The SMILES string of the molecule is Ic1scc2ccncc12. The predicted molar refractivity (Wildman–Crippen MR) is 52.3 cm³/mol. The highest BCUT2D eigenvalue weighted by molar-refractivity contribution is 14.1. The topological polar surface area (TPSA) is 12.9 Å². The van der Waals surface area contributed by atoms with Crippen molar-refractivity contribution in [1.82, 2.24) is 4.98 Å². The van der Waals surface area contributed by atoms with Crippen LogP contribution in [0.3, 0.4) is 0 Å². The lowest BCUT2D eigenvalue weighted by Gasteiger charge is -1.85. The maximum atomic E-state index is 4.05. The lowest BCUT2D eigenvalue weighted by atomic mass is 10.3. The van der Waals surface area contributed by atoms with Crippen molar-refractivity contribution in [3.05, 3.63) is 26.7 Å². The van der Waals surface area contributed by atoms with Gasteiger partial charge in [-0.3, -0.25) is 4.98 Å². The second-order valence-corrected chi connectivity index (χ2v) is 4.66. The van der Waals surface area contributed by atoms with Crippen LogP contribution in [0.5, 0.6) is 0 Å². The molecule has 0 unspecified atom stereocenters. The fraction of sp³-hybridized carbons (Fsp3) is 0. The predicted octanol–water partition coefficient (Wildman–Crippen LogP) is 2.90. The Morgan fingerprint density at radius 1 is 1.50 bits per heavy atom. The van der Waals surface area contributed by atoms with Crippen molar-refractivity contribution in [3.63, 3.8) is 0 Å². The highest BCUT2D eigenvalue weighted by Crippen LogP contribution is 2.25. The van der Waals surface area contributed by atoms with Crippen LogP contribution in [-0.4, -0.2) is 4.98 Å². The van der Waals surface area contributed by atoms with Gasteiger partial charge in [0.1, 0.15) is 0 Å². The first-order valence-electron chi connectivity index (χ1n) is 2.84. The Kier molecular flexibility index (Phi) is 1.61. The molecule has 50 valence electrons. The van der Waals surface area contributed by atoms with E-state index in [0.717, 1.165) is 0 Å². The molecule has 0 saturated heterocycles. The van der Waals surface area contributed by atoms with Gasteiger partial charge in [-0.1, -0.05) is 0 Å². The number of hydrogen-bond acceptors (Lipinski definition) is 2. The van der Waals surface area contributed by atoms with E-state index in [1.807, 2.05) is 18.5 Å². The smallest absolute Gasteiger partial charge is 0.0747 e. The van der Waals surface area contributed by atoms with Crippen LogP contribution >= 0.6 is 33.9 Å². The van der Waals surface area contributed by atoms with E-state index in [2.05, 4.69) is 33.0 Å². The van der Waals surface area contributed by atoms with Crippen LogP contribution in [0.25, 0.3) is 10.8 Å². The summed E-state index contributed by atoms with van der Waals surface area (Å²) in [6, 6.07) is 2.04. The van der Waals surface area contributed by atoms with Gasteiger partial charge < -0.3 is 0 Å². The first kappa shape index (κ1) is 6.54. The summed E-state index contributed by atoms with van der Waals surface area (Å²) in [5.74, 6) is 0. The van der Waals surface area contributed by atoms with E-state index in [4.69, 9.17) is 0 Å². The van der Waals surface area contributed by atoms with Crippen LogP contribution in [0.2, 0.25) is 0 Å². The van der Waals surface area contributed by atoms with Gasteiger partial charge in [0.25, 0.3) is 0 Å². The molecule has 0 aliphatic heterocycles. The molecule has 3 heteroatoms. The van der Waals surface area contributed by atoms with E-state index in [1.54, 1.807) is 11.3 Å². The Balaban J connectivity index is 2.93. The Morgan fingerprint density at radius 2 is 2.40 bits per heavy atom. The van der Waals surface area contributed by atoms with Gasteiger partial charge in [-0.25, -0.2) is 0 Å². The fourth-order valence-corrected chi connectivity index (χ4v) is 2.42. The maximum Gasteiger partial charge on any atom is 0.0747 e. The molecule has 0 radical (unpaired) electrons. The van der Waals surface area contributed by atoms with Crippen molar-refractivity contribution >= 4 is 44.7 Å². The Labute approximate surface area is 76.2 Å². The summed E-state index contributed by atoms with van der Waals surface area (Å²) in [6.07, 6.45) is 3.73. The van der Waals surface area contributed by atoms with Crippen molar-refractivity contribution in [1.29, 1.82) is 0 Å². The maximum absolute atomic E-state index is 4.05. The first-order chi connectivity index (χ1) is 4.88. The number of pyridine rings is 1. The first-order valence-corrected chi connectivity index (χ1v) is 4.80. The van der Waals surface area contributed by atoms with Crippen LogP contribution in [0.4, 0.5) is 0 Å². The number of fused-ring (bicyclic) bond motifs is 1. The number of nitrogens with zero attached hydrogens (tertiary/aromatic N) is 1. The molecule has 0 amide bonds. The van der Waals surface area contributed by atoms with Gasteiger partial charge in [0.15, 0.2) is 0 Å². The summed E-state index contributed by atoms with van der Waals surface area (Å²) < 4.78 is 1.32.